The molecule has 0 aromatic heterocycles. The highest BCUT2D eigenvalue weighted by Crippen LogP contribution is 2.27. The van der Waals surface area contributed by atoms with E-state index in [9.17, 15) is 4.39 Å². The molecule has 3 heteroatoms. The Morgan fingerprint density at radius 2 is 1.94 bits per heavy atom. The maximum Gasteiger partial charge on any atom is 0.141 e. The maximum absolute atomic E-state index is 14.2. The summed E-state index contributed by atoms with van der Waals surface area (Å²) in [5, 5.41) is 3.17. The second-order valence-electron chi connectivity index (χ2n) is 5.48. The highest BCUT2D eigenvalue weighted by atomic mass is 19.1. The van der Waals surface area contributed by atoms with Crippen molar-refractivity contribution in [3.63, 3.8) is 0 Å². The number of hydrogen-bond acceptors (Lipinski definition) is 2. The number of hydrogen-bond donors (Lipinski definition) is 1. The lowest BCUT2D eigenvalue weighted by atomic mass is 10.1. The molecule has 0 bridgehead atoms. The Balaban J connectivity index is 2.69. The first kappa shape index (κ1) is 15.0. The molecule has 0 spiro atoms. The van der Waals surface area contributed by atoms with Crippen molar-refractivity contribution in [3.05, 3.63) is 29.8 Å². The molecule has 1 aromatic carbocycles. The molecule has 1 atom stereocenters. The minimum atomic E-state index is -1.04. The fourth-order valence-electron chi connectivity index (χ4n) is 1.59. The molecule has 0 aliphatic rings. The molecule has 0 heterocycles. The molecule has 0 fully saturated rings. The minimum Gasteiger partial charge on any atom is -0.493 e. The largest absolute Gasteiger partial charge is 0.493 e. The molecule has 0 aliphatic carbocycles. The molecule has 0 amide bonds. The van der Waals surface area contributed by atoms with Crippen LogP contribution in [-0.4, -0.2) is 18.7 Å². The molecule has 1 unspecified atom stereocenters. The van der Waals surface area contributed by atoms with Crippen molar-refractivity contribution in [2.24, 2.45) is 0 Å². The zero-order valence-electron chi connectivity index (χ0n) is 11.8. The van der Waals surface area contributed by atoms with Crippen molar-refractivity contribution in [1.29, 1.82) is 0 Å². The van der Waals surface area contributed by atoms with Gasteiger partial charge in [0.25, 0.3) is 0 Å². The van der Waals surface area contributed by atoms with Gasteiger partial charge < -0.3 is 10.1 Å². The van der Waals surface area contributed by atoms with Crippen LogP contribution in [0.15, 0.2) is 24.3 Å². The normalized spacial score (nSPS) is 13.4. The summed E-state index contributed by atoms with van der Waals surface area (Å²) in [6, 6.07) is 7.34. The molecule has 0 radical (unpaired) electrons. The average molecular weight is 253 g/mol. The summed E-state index contributed by atoms with van der Waals surface area (Å²) < 4.78 is 19.8. The van der Waals surface area contributed by atoms with Crippen LogP contribution in [0, 0.1) is 0 Å². The summed E-state index contributed by atoms with van der Waals surface area (Å²) in [5.41, 5.74) is 0.548. The van der Waals surface area contributed by atoms with Gasteiger partial charge in [0, 0.05) is 17.6 Å². The van der Waals surface area contributed by atoms with Gasteiger partial charge in [-0.25, -0.2) is 4.39 Å². The zero-order chi connectivity index (χ0) is 13.6. The topological polar surface area (TPSA) is 21.3 Å². The second kappa shape index (κ2) is 6.74. The molecule has 0 saturated carbocycles. The first-order valence-electron chi connectivity index (χ1n) is 6.55. The molecular formula is C15H24FNO. The highest BCUT2D eigenvalue weighted by Gasteiger charge is 2.18. The summed E-state index contributed by atoms with van der Waals surface area (Å²) in [7, 11) is 0. The van der Waals surface area contributed by atoms with E-state index in [4.69, 9.17) is 4.74 Å². The van der Waals surface area contributed by atoms with E-state index in [1.165, 1.54) is 0 Å². The summed E-state index contributed by atoms with van der Waals surface area (Å²) in [5.74, 6) is 0.655. The smallest absolute Gasteiger partial charge is 0.141 e. The molecule has 0 aliphatic heterocycles. The number of nitrogens with one attached hydrogen (secondary N) is 1. The summed E-state index contributed by atoms with van der Waals surface area (Å²) in [6.45, 7) is 9.04. The van der Waals surface area contributed by atoms with Crippen molar-refractivity contribution < 1.29 is 9.13 Å². The van der Waals surface area contributed by atoms with Crippen LogP contribution in [0.4, 0.5) is 4.39 Å². The maximum atomic E-state index is 14.2. The van der Waals surface area contributed by atoms with Gasteiger partial charge in [0.1, 0.15) is 11.9 Å². The SMILES string of the molecule is CCCOc1ccccc1C(F)CNC(C)(C)C. The van der Waals surface area contributed by atoms with Crippen LogP contribution in [0.5, 0.6) is 5.75 Å². The van der Waals surface area contributed by atoms with E-state index in [0.29, 0.717) is 24.5 Å². The quantitative estimate of drug-likeness (QED) is 0.831. The Morgan fingerprint density at radius 1 is 1.28 bits per heavy atom. The third kappa shape index (κ3) is 5.05. The Hall–Kier alpha value is -1.09. The minimum absolute atomic E-state index is 0.0798. The standard InChI is InChI=1S/C15H24FNO/c1-5-10-18-14-9-7-6-8-12(14)13(16)11-17-15(2,3)4/h6-9,13,17H,5,10-11H2,1-4H3. The van der Waals surface area contributed by atoms with Crippen LogP contribution in [0.3, 0.4) is 0 Å². The number of halogens is 1. The van der Waals surface area contributed by atoms with Crippen molar-refractivity contribution in [1.82, 2.24) is 5.32 Å². The molecule has 2 nitrogen and oxygen atoms in total. The van der Waals surface area contributed by atoms with E-state index >= 15 is 0 Å². The fourth-order valence-corrected chi connectivity index (χ4v) is 1.59. The van der Waals surface area contributed by atoms with Crippen molar-refractivity contribution in [2.45, 2.75) is 45.8 Å². The van der Waals surface area contributed by atoms with Gasteiger partial charge in [-0.15, -0.1) is 0 Å². The van der Waals surface area contributed by atoms with E-state index in [1.54, 1.807) is 6.07 Å². The molecule has 0 saturated heterocycles. The lowest BCUT2D eigenvalue weighted by Crippen LogP contribution is -2.37. The molecular weight excluding hydrogens is 229 g/mol. The van der Waals surface area contributed by atoms with Crippen LogP contribution in [0.2, 0.25) is 0 Å². The van der Waals surface area contributed by atoms with Gasteiger partial charge in [-0.05, 0) is 33.3 Å². The predicted molar refractivity (Wildman–Crippen MR) is 73.8 cm³/mol. The van der Waals surface area contributed by atoms with Crippen LogP contribution in [-0.2, 0) is 0 Å². The number of para-hydroxylation sites is 1. The average Bonchev–Trinajstić information content (AvgIpc) is 2.33. The van der Waals surface area contributed by atoms with Gasteiger partial charge in [-0.1, -0.05) is 25.1 Å². The monoisotopic (exact) mass is 253 g/mol. The Kier molecular flexibility index (Phi) is 5.60. The number of ether oxygens (including phenoxy) is 1. The molecule has 102 valence electrons. The lowest BCUT2D eigenvalue weighted by molar-refractivity contribution is 0.268. The fraction of sp³-hybridized carbons (Fsp3) is 0.600. The lowest BCUT2D eigenvalue weighted by Gasteiger charge is -2.23. The van der Waals surface area contributed by atoms with E-state index in [0.717, 1.165) is 6.42 Å². The van der Waals surface area contributed by atoms with Crippen molar-refractivity contribution >= 4 is 0 Å². The van der Waals surface area contributed by atoms with Gasteiger partial charge in [-0.2, -0.15) is 0 Å². The van der Waals surface area contributed by atoms with Gasteiger partial charge in [0.15, 0.2) is 0 Å². The van der Waals surface area contributed by atoms with E-state index in [2.05, 4.69) is 5.32 Å². The first-order valence-corrected chi connectivity index (χ1v) is 6.55. The Morgan fingerprint density at radius 3 is 2.56 bits per heavy atom. The van der Waals surface area contributed by atoms with Crippen molar-refractivity contribution in [3.8, 4) is 5.75 Å². The number of benzene rings is 1. The molecule has 1 N–H and O–H groups in total. The van der Waals surface area contributed by atoms with E-state index in [1.807, 2.05) is 45.9 Å². The third-order valence-electron chi connectivity index (χ3n) is 2.53. The summed E-state index contributed by atoms with van der Waals surface area (Å²) in [6.07, 6.45) is -0.122. The van der Waals surface area contributed by atoms with Crippen LogP contribution in [0.25, 0.3) is 0 Å². The van der Waals surface area contributed by atoms with Crippen LogP contribution < -0.4 is 10.1 Å². The Bertz CT molecular complexity index is 360. The van der Waals surface area contributed by atoms with Gasteiger partial charge in [-0.3, -0.25) is 0 Å². The van der Waals surface area contributed by atoms with Crippen molar-refractivity contribution in [2.75, 3.05) is 13.2 Å². The summed E-state index contributed by atoms with van der Waals surface area (Å²) >= 11 is 0. The third-order valence-corrected chi connectivity index (χ3v) is 2.53. The van der Waals surface area contributed by atoms with Crippen LogP contribution >= 0.6 is 0 Å². The summed E-state index contributed by atoms with van der Waals surface area (Å²) in [4.78, 5) is 0. The Labute approximate surface area is 110 Å². The molecule has 18 heavy (non-hydrogen) atoms. The number of alkyl halides is 1. The number of rotatable bonds is 6. The van der Waals surface area contributed by atoms with Gasteiger partial charge >= 0.3 is 0 Å². The molecule has 1 rings (SSSR count). The highest BCUT2D eigenvalue weighted by molar-refractivity contribution is 5.35. The first-order chi connectivity index (χ1) is 8.44. The van der Waals surface area contributed by atoms with E-state index in [-0.39, 0.29) is 5.54 Å². The van der Waals surface area contributed by atoms with Crippen LogP contribution in [0.1, 0.15) is 45.9 Å². The van der Waals surface area contributed by atoms with Gasteiger partial charge in [0.05, 0.1) is 6.61 Å². The zero-order valence-corrected chi connectivity index (χ0v) is 11.8. The molecule has 1 aromatic rings. The van der Waals surface area contributed by atoms with E-state index < -0.39 is 6.17 Å². The van der Waals surface area contributed by atoms with Gasteiger partial charge in [0.2, 0.25) is 0 Å². The predicted octanol–water partition coefficient (Wildman–Crippen LogP) is 3.87. The second-order valence-corrected chi connectivity index (χ2v) is 5.48.